The van der Waals surface area contributed by atoms with Crippen molar-refractivity contribution in [2.24, 2.45) is 23.7 Å². The molecule has 0 spiro atoms. The van der Waals surface area contributed by atoms with E-state index in [9.17, 15) is 24.4 Å². The largest absolute Gasteiger partial charge is 0.373 e. The third kappa shape index (κ3) is 2.58. The second-order valence-electron chi connectivity index (χ2n) is 9.43. The molecule has 30 heavy (non-hydrogen) atoms. The molecule has 7 unspecified atom stereocenters. The number of ether oxygens (including phenoxy) is 1. The number of rotatable bonds is 3. The van der Waals surface area contributed by atoms with E-state index in [-0.39, 0.29) is 29.0 Å². The first-order chi connectivity index (χ1) is 14.2. The number of amides is 2. The maximum Gasteiger partial charge on any atom is 0.259 e. The van der Waals surface area contributed by atoms with Gasteiger partial charge < -0.3 is 4.74 Å². The molecule has 4 aliphatic rings. The van der Waals surface area contributed by atoms with Crippen molar-refractivity contribution < 1.29 is 29.1 Å². The van der Waals surface area contributed by atoms with Crippen LogP contribution in [0.15, 0.2) is 12.1 Å². The number of hydroxylamine groups is 2. The molecule has 7 nitrogen and oxygen atoms in total. The summed E-state index contributed by atoms with van der Waals surface area (Å²) in [5, 5.41) is 9.92. The first-order valence-electron chi connectivity index (χ1n) is 10.5. The molecule has 1 aromatic rings. The van der Waals surface area contributed by atoms with E-state index in [4.69, 9.17) is 4.74 Å². The summed E-state index contributed by atoms with van der Waals surface area (Å²) in [5.41, 5.74) is 3.86. The molecule has 2 bridgehead atoms. The van der Waals surface area contributed by atoms with E-state index in [2.05, 4.69) is 0 Å². The highest BCUT2D eigenvalue weighted by molar-refractivity contribution is 6.15. The molecule has 1 aromatic carbocycles. The molecule has 0 aromatic heterocycles. The smallest absolute Gasteiger partial charge is 0.259 e. The number of ketones is 2. The van der Waals surface area contributed by atoms with E-state index < -0.39 is 47.7 Å². The Morgan fingerprint density at radius 3 is 2.33 bits per heavy atom. The fourth-order valence-corrected chi connectivity index (χ4v) is 6.44. The second kappa shape index (κ2) is 6.56. The molecule has 0 radical (unpaired) electrons. The summed E-state index contributed by atoms with van der Waals surface area (Å²) in [6.07, 6.45) is 0.380. The lowest BCUT2D eigenvalue weighted by molar-refractivity contribution is -0.176. The second-order valence-corrected chi connectivity index (χ2v) is 9.43. The zero-order chi connectivity index (χ0) is 21.5. The summed E-state index contributed by atoms with van der Waals surface area (Å²) < 4.78 is 5.90. The average molecular weight is 411 g/mol. The van der Waals surface area contributed by atoms with Gasteiger partial charge in [0.25, 0.3) is 11.8 Å². The van der Waals surface area contributed by atoms with Crippen LogP contribution in [0.4, 0.5) is 0 Å². The van der Waals surface area contributed by atoms with Crippen molar-refractivity contribution in [1.29, 1.82) is 0 Å². The lowest BCUT2D eigenvalue weighted by Crippen LogP contribution is -2.36. The molecule has 1 aliphatic carbocycles. The number of carbonyl (C=O) groups excluding carboxylic acids is 4. The minimum Gasteiger partial charge on any atom is -0.373 e. The quantitative estimate of drug-likeness (QED) is 0.464. The summed E-state index contributed by atoms with van der Waals surface area (Å²) in [7, 11) is 0. The van der Waals surface area contributed by atoms with Crippen molar-refractivity contribution in [3.63, 3.8) is 0 Å². The summed E-state index contributed by atoms with van der Waals surface area (Å²) in [5.74, 6) is -3.76. The Bertz CT molecular complexity index is 976. The Kier molecular flexibility index (Phi) is 4.28. The van der Waals surface area contributed by atoms with Crippen LogP contribution in [0.5, 0.6) is 0 Å². The lowest BCUT2D eigenvalue weighted by atomic mass is 9.72. The molecule has 7 atom stereocenters. The first-order valence-corrected chi connectivity index (χ1v) is 10.5. The fourth-order valence-electron chi connectivity index (χ4n) is 6.44. The van der Waals surface area contributed by atoms with Crippen LogP contribution < -0.4 is 0 Å². The fraction of sp³-hybridized carbons (Fsp3) is 0.565. The van der Waals surface area contributed by atoms with Crippen LogP contribution in [-0.4, -0.2) is 45.9 Å². The van der Waals surface area contributed by atoms with E-state index in [0.717, 1.165) is 22.3 Å². The molecule has 4 fully saturated rings. The molecule has 1 saturated carbocycles. The van der Waals surface area contributed by atoms with Crippen molar-refractivity contribution in [3.05, 3.63) is 34.4 Å². The number of Topliss-reactive ketones (excluding diaryl/α,β-unsaturated/α-hetero) is 2. The molecule has 3 heterocycles. The predicted molar refractivity (Wildman–Crippen MR) is 104 cm³/mol. The van der Waals surface area contributed by atoms with E-state index in [0.29, 0.717) is 12.8 Å². The minimum absolute atomic E-state index is 0.0457. The number of nitrogens with zero attached hydrogens (tertiary/aromatic N) is 1. The molecule has 3 saturated heterocycles. The monoisotopic (exact) mass is 411 g/mol. The van der Waals surface area contributed by atoms with E-state index in [1.807, 2.05) is 32.9 Å². The molecule has 3 aliphatic heterocycles. The van der Waals surface area contributed by atoms with E-state index in [1.54, 1.807) is 0 Å². The Balaban J connectivity index is 1.36. The van der Waals surface area contributed by atoms with Gasteiger partial charge in [-0.25, -0.2) is 0 Å². The number of fused-ring (bicyclic) bond motifs is 5. The molecule has 1 N–H and O–H groups in total. The van der Waals surface area contributed by atoms with Gasteiger partial charge in [-0.05, 0) is 56.2 Å². The highest BCUT2D eigenvalue weighted by Gasteiger charge is 2.65. The van der Waals surface area contributed by atoms with Crippen LogP contribution in [-0.2, 0) is 23.9 Å². The minimum atomic E-state index is -0.717. The van der Waals surface area contributed by atoms with Crippen LogP contribution in [0.25, 0.3) is 0 Å². The normalized spacial score (nSPS) is 37.6. The highest BCUT2D eigenvalue weighted by atomic mass is 16.5. The van der Waals surface area contributed by atoms with E-state index >= 15 is 0 Å². The standard InChI is InChI=1S/C23H25NO6/c1-9-4-10(2)16(11(3)5-9)17-14(25)7-12(20(17)26)6-13-8-15-18-19(21(13)30-15)23(28)24(29)22(18)27/h4-5,12-13,15,17-19,21,29H,6-8H2,1-3H3. The van der Waals surface area contributed by atoms with Gasteiger partial charge in [0.15, 0.2) is 5.78 Å². The van der Waals surface area contributed by atoms with Gasteiger partial charge in [-0.15, -0.1) is 0 Å². The van der Waals surface area contributed by atoms with Crippen molar-refractivity contribution >= 4 is 23.4 Å². The molecule has 5 rings (SSSR count). The van der Waals surface area contributed by atoms with Gasteiger partial charge in [-0.2, -0.15) is 5.06 Å². The van der Waals surface area contributed by atoms with Crippen LogP contribution in [0.2, 0.25) is 0 Å². The van der Waals surface area contributed by atoms with Gasteiger partial charge in [-0.3, -0.25) is 24.4 Å². The maximum atomic E-state index is 13.3. The Labute approximate surface area is 174 Å². The van der Waals surface area contributed by atoms with E-state index in [1.165, 1.54) is 0 Å². The van der Waals surface area contributed by atoms with Crippen molar-refractivity contribution in [3.8, 4) is 0 Å². The van der Waals surface area contributed by atoms with Gasteiger partial charge in [-0.1, -0.05) is 17.7 Å². The predicted octanol–water partition coefficient (Wildman–Crippen LogP) is 2.02. The topological polar surface area (TPSA) is 101 Å². The number of aryl methyl sites for hydroxylation is 3. The highest BCUT2D eigenvalue weighted by Crippen LogP contribution is 2.53. The lowest BCUT2D eigenvalue weighted by Gasteiger charge is -2.26. The van der Waals surface area contributed by atoms with Gasteiger partial charge in [0, 0.05) is 12.3 Å². The third-order valence-electron chi connectivity index (χ3n) is 7.53. The van der Waals surface area contributed by atoms with Crippen LogP contribution in [0.3, 0.4) is 0 Å². The van der Waals surface area contributed by atoms with Gasteiger partial charge in [0.05, 0.1) is 24.0 Å². The van der Waals surface area contributed by atoms with Gasteiger partial charge >= 0.3 is 0 Å². The maximum absolute atomic E-state index is 13.3. The summed E-state index contributed by atoms with van der Waals surface area (Å²) in [6, 6.07) is 4.01. The average Bonchev–Trinajstić information content (AvgIpc) is 3.37. The van der Waals surface area contributed by atoms with Gasteiger partial charge in [0.1, 0.15) is 11.7 Å². The van der Waals surface area contributed by atoms with Gasteiger partial charge in [0.2, 0.25) is 0 Å². The zero-order valence-corrected chi connectivity index (χ0v) is 17.3. The third-order valence-corrected chi connectivity index (χ3v) is 7.53. The summed E-state index contributed by atoms with van der Waals surface area (Å²) in [4.78, 5) is 50.5. The van der Waals surface area contributed by atoms with Crippen LogP contribution in [0.1, 0.15) is 47.4 Å². The molecular weight excluding hydrogens is 386 g/mol. The van der Waals surface area contributed by atoms with Crippen LogP contribution in [0, 0.1) is 44.4 Å². The molecular formula is C23H25NO6. The Morgan fingerprint density at radius 2 is 1.67 bits per heavy atom. The molecule has 2 amide bonds. The van der Waals surface area contributed by atoms with Crippen LogP contribution >= 0.6 is 0 Å². The Hall–Kier alpha value is -2.38. The van der Waals surface area contributed by atoms with Crippen molar-refractivity contribution in [1.82, 2.24) is 5.06 Å². The zero-order valence-electron chi connectivity index (χ0n) is 17.3. The summed E-state index contributed by atoms with van der Waals surface area (Å²) in [6.45, 7) is 5.88. The molecule has 7 heteroatoms. The number of carbonyl (C=O) groups is 4. The van der Waals surface area contributed by atoms with Crippen molar-refractivity contribution in [2.75, 3.05) is 0 Å². The van der Waals surface area contributed by atoms with Crippen molar-refractivity contribution in [2.45, 2.75) is 58.2 Å². The summed E-state index contributed by atoms with van der Waals surface area (Å²) >= 11 is 0. The number of hydrogen-bond acceptors (Lipinski definition) is 6. The number of imide groups is 1. The first kappa shape index (κ1) is 19.6. The SMILES string of the molecule is Cc1cc(C)c(C2C(=O)CC(CC3CC4OC3C3C(=O)N(O)C(=O)C43)C2=O)c(C)c1. The molecule has 158 valence electrons. The number of hydrogen-bond donors (Lipinski definition) is 1. The Morgan fingerprint density at radius 1 is 1.03 bits per heavy atom. The number of benzene rings is 1.